The first-order chi connectivity index (χ1) is 12.5. The molecular formula is C20H23FN3O2+. The van der Waals surface area contributed by atoms with Crippen molar-refractivity contribution in [3.8, 4) is 0 Å². The van der Waals surface area contributed by atoms with Crippen LogP contribution in [-0.4, -0.2) is 31.4 Å². The van der Waals surface area contributed by atoms with Crippen molar-refractivity contribution in [2.45, 2.75) is 25.4 Å². The number of carbonyl (C=O) groups excluding carboxylic acids is 2. The van der Waals surface area contributed by atoms with Gasteiger partial charge in [0.05, 0.1) is 18.3 Å². The highest BCUT2D eigenvalue weighted by Gasteiger charge is 2.25. The molecule has 2 aromatic rings. The molecule has 1 fully saturated rings. The van der Waals surface area contributed by atoms with E-state index in [0.717, 1.165) is 23.3 Å². The van der Waals surface area contributed by atoms with Crippen LogP contribution in [0.5, 0.6) is 0 Å². The summed E-state index contributed by atoms with van der Waals surface area (Å²) in [5.74, 6) is -0.634. The average molecular weight is 356 g/mol. The second kappa shape index (κ2) is 8.10. The molecule has 0 saturated heterocycles. The Morgan fingerprint density at radius 2 is 1.92 bits per heavy atom. The van der Waals surface area contributed by atoms with E-state index in [2.05, 4.69) is 10.6 Å². The van der Waals surface area contributed by atoms with Crippen LogP contribution in [0.2, 0.25) is 0 Å². The molecule has 1 aliphatic carbocycles. The van der Waals surface area contributed by atoms with Crippen LogP contribution in [0.3, 0.4) is 0 Å². The lowest BCUT2D eigenvalue weighted by Crippen LogP contribution is -3.08. The Morgan fingerprint density at radius 3 is 2.65 bits per heavy atom. The summed E-state index contributed by atoms with van der Waals surface area (Å²) in [6.07, 6.45) is 2.02. The third-order valence-corrected chi connectivity index (χ3v) is 4.22. The highest BCUT2D eigenvalue weighted by molar-refractivity contribution is 6.04. The van der Waals surface area contributed by atoms with Gasteiger partial charge in [-0.25, -0.2) is 4.39 Å². The van der Waals surface area contributed by atoms with Crippen molar-refractivity contribution in [1.29, 1.82) is 0 Å². The minimum Gasteiger partial charge on any atom is -0.349 e. The molecule has 1 aliphatic rings. The number of quaternary nitrogens is 1. The van der Waals surface area contributed by atoms with Crippen molar-refractivity contribution >= 4 is 17.5 Å². The van der Waals surface area contributed by atoms with E-state index in [1.54, 1.807) is 30.3 Å². The summed E-state index contributed by atoms with van der Waals surface area (Å²) in [6.45, 7) is 0.754. The Hall–Kier alpha value is -2.73. The molecule has 0 aromatic heterocycles. The van der Waals surface area contributed by atoms with Crippen molar-refractivity contribution in [2.75, 3.05) is 18.9 Å². The predicted octanol–water partition coefficient (Wildman–Crippen LogP) is 1.37. The molecular weight excluding hydrogens is 333 g/mol. The molecule has 3 rings (SSSR count). The summed E-state index contributed by atoms with van der Waals surface area (Å²) in [7, 11) is 1.87. The highest BCUT2D eigenvalue weighted by atomic mass is 19.1. The van der Waals surface area contributed by atoms with Gasteiger partial charge in [-0.05, 0) is 37.1 Å². The van der Waals surface area contributed by atoms with Gasteiger partial charge < -0.3 is 15.5 Å². The Labute approximate surface area is 152 Å². The topological polar surface area (TPSA) is 62.6 Å². The number of halogens is 1. The zero-order chi connectivity index (χ0) is 18.5. The van der Waals surface area contributed by atoms with Crippen LogP contribution in [0.1, 0.15) is 28.8 Å². The number of nitrogens with one attached hydrogen (secondary N) is 3. The van der Waals surface area contributed by atoms with Gasteiger partial charge in [0.1, 0.15) is 12.4 Å². The summed E-state index contributed by atoms with van der Waals surface area (Å²) < 4.78 is 13.3. The Kier molecular flexibility index (Phi) is 5.63. The minimum atomic E-state index is -0.282. The lowest BCUT2D eigenvalue weighted by Gasteiger charge is -2.15. The van der Waals surface area contributed by atoms with E-state index in [1.807, 2.05) is 13.1 Å². The second-order valence-electron chi connectivity index (χ2n) is 6.78. The molecule has 26 heavy (non-hydrogen) atoms. The van der Waals surface area contributed by atoms with E-state index < -0.39 is 0 Å². The van der Waals surface area contributed by atoms with Crippen molar-refractivity contribution in [3.05, 3.63) is 65.5 Å². The molecule has 3 N–H and O–H groups in total. The zero-order valence-corrected chi connectivity index (χ0v) is 14.7. The van der Waals surface area contributed by atoms with Gasteiger partial charge in [-0.15, -0.1) is 0 Å². The van der Waals surface area contributed by atoms with Crippen LogP contribution in [0, 0.1) is 5.82 Å². The largest absolute Gasteiger partial charge is 0.349 e. The molecule has 2 amide bonds. The Bertz CT molecular complexity index is 805. The SMILES string of the molecule is C[NH+](CC(=O)Nc1ccccc1C(=O)NC1CC1)Cc1cccc(F)c1. The van der Waals surface area contributed by atoms with Crippen molar-refractivity contribution in [1.82, 2.24) is 5.32 Å². The normalized spacial score (nSPS) is 14.5. The molecule has 2 aromatic carbocycles. The third-order valence-electron chi connectivity index (χ3n) is 4.22. The number of likely N-dealkylation sites (N-methyl/N-ethyl adjacent to an activating group) is 1. The molecule has 0 radical (unpaired) electrons. The van der Waals surface area contributed by atoms with Gasteiger partial charge in [-0.1, -0.05) is 24.3 Å². The van der Waals surface area contributed by atoms with Crippen molar-refractivity contribution in [3.63, 3.8) is 0 Å². The number of rotatable bonds is 7. The number of hydrogen-bond donors (Lipinski definition) is 3. The predicted molar refractivity (Wildman–Crippen MR) is 97.4 cm³/mol. The first-order valence-electron chi connectivity index (χ1n) is 8.77. The minimum absolute atomic E-state index is 0.163. The van der Waals surface area contributed by atoms with Crippen LogP contribution >= 0.6 is 0 Å². The quantitative estimate of drug-likeness (QED) is 0.702. The second-order valence-corrected chi connectivity index (χ2v) is 6.78. The molecule has 1 unspecified atom stereocenters. The van der Waals surface area contributed by atoms with E-state index in [0.29, 0.717) is 17.8 Å². The van der Waals surface area contributed by atoms with Crippen molar-refractivity contribution in [2.24, 2.45) is 0 Å². The molecule has 0 aliphatic heterocycles. The van der Waals surface area contributed by atoms with Crippen LogP contribution in [0.25, 0.3) is 0 Å². The van der Waals surface area contributed by atoms with E-state index in [9.17, 15) is 14.0 Å². The number of carbonyl (C=O) groups is 2. The first kappa shape index (κ1) is 18.1. The molecule has 6 heteroatoms. The molecule has 1 saturated carbocycles. The number of hydrogen-bond acceptors (Lipinski definition) is 2. The fourth-order valence-corrected chi connectivity index (χ4v) is 2.81. The maximum absolute atomic E-state index is 13.3. The van der Waals surface area contributed by atoms with Crippen LogP contribution in [0.4, 0.5) is 10.1 Å². The van der Waals surface area contributed by atoms with Gasteiger partial charge in [0.15, 0.2) is 6.54 Å². The molecule has 1 atom stereocenters. The van der Waals surface area contributed by atoms with Gasteiger partial charge >= 0.3 is 0 Å². The Balaban J connectivity index is 1.58. The average Bonchev–Trinajstić information content (AvgIpc) is 3.39. The zero-order valence-electron chi connectivity index (χ0n) is 14.7. The van der Waals surface area contributed by atoms with Crippen LogP contribution in [0.15, 0.2) is 48.5 Å². The number of para-hydroxylation sites is 1. The smallest absolute Gasteiger partial charge is 0.279 e. The summed E-state index contributed by atoms with van der Waals surface area (Å²) in [5, 5.41) is 5.75. The maximum Gasteiger partial charge on any atom is 0.279 e. The fraction of sp³-hybridized carbons (Fsp3) is 0.300. The summed E-state index contributed by atoms with van der Waals surface area (Å²) in [4.78, 5) is 25.6. The molecule has 0 spiro atoms. The number of benzene rings is 2. The van der Waals surface area contributed by atoms with Crippen LogP contribution in [-0.2, 0) is 11.3 Å². The van der Waals surface area contributed by atoms with E-state index in [4.69, 9.17) is 0 Å². The summed E-state index contributed by atoms with van der Waals surface area (Å²) >= 11 is 0. The first-order valence-corrected chi connectivity index (χ1v) is 8.77. The van der Waals surface area contributed by atoms with Crippen molar-refractivity contribution < 1.29 is 18.9 Å². The monoisotopic (exact) mass is 356 g/mol. The lowest BCUT2D eigenvalue weighted by atomic mass is 10.1. The van der Waals surface area contributed by atoms with E-state index >= 15 is 0 Å². The van der Waals surface area contributed by atoms with E-state index in [-0.39, 0.29) is 30.2 Å². The van der Waals surface area contributed by atoms with Gasteiger partial charge in [0.2, 0.25) is 0 Å². The third kappa shape index (κ3) is 5.13. The van der Waals surface area contributed by atoms with Gasteiger partial charge in [-0.3, -0.25) is 9.59 Å². The maximum atomic E-state index is 13.3. The van der Waals surface area contributed by atoms with Gasteiger partial charge in [0.25, 0.3) is 11.8 Å². The molecule has 0 heterocycles. The number of amides is 2. The molecule has 136 valence electrons. The summed E-state index contributed by atoms with van der Waals surface area (Å²) in [5.41, 5.74) is 1.81. The standard InChI is InChI=1S/C20H22FN3O2/c1-24(12-14-5-4-6-15(21)11-14)13-19(25)23-18-8-3-2-7-17(18)20(26)22-16-9-10-16/h2-8,11,16H,9-10,12-13H2,1H3,(H,22,26)(H,23,25)/p+1. The number of anilines is 1. The summed E-state index contributed by atoms with van der Waals surface area (Å²) in [6, 6.07) is 13.6. The molecule has 5 nitrogen and oxygen atoms in total. The Morgan fingerprint density at radius 1 is 1.15 bits per heavy atom. The molecule has 0 bridgehead atoms. The van der Waals surface area contributed by atoms with Gasteiger partial charge in [-0.2, -0.15) is 0 Å². The van der Waals surface area contributed by atoms with Crippen LogP contribution < -0.4 is 15.5 Å². The van der Waals surface area contributed by atoms with Gasteiger partial charge in [0, 0.05) is 11.6 Å². The lowest BCUT2D eigenvalue weighted by molar-refractivity contribution is -0.885. The van der Waals surface area contributed by atoms with E-state index in [1.165, 1.54) is 12.1 Å². The highest BCUT2D eigenvalue weighted by Crippen LogP contribution is 2.21. The fourth-order valence-electron chi connectivity index (χ4n) is 2.81.